The summed E-state index contributed by atoms with van der Waals surface area (Å²) in [4.78, 5) is 0. The average Bonchev–Trinajstić information content (AvgIpc) is 1.00. The van der Waals surface area contributed by atoms with Crippen LogP contribution in [0.4, 0.5) is 0 Å². The first kappa shape index (κ1) is 17.3. The summed E-state index contributed by atoms with van der Waals surface area (Å²) in [6, 6.07) is 0. The van der Waals surface area contributed by atoms with Crippen molar-refractivity contribution < 1.29 is 2.85 Å². The minimum absolute atomic E-state index is 0. The molecule has 4 heavy (non-hydrogen) atoms. The van der Waals surface area contributed by atoms with E-state index in [0.717, 1.165) is 0 Å². The second-order valence-electron chi connectivity index (χ2n) is 0. The van der Waals surface area contributed by atoms with Gasteiger partial charge in [0.15, 0.2) is 0 Å². The van der Waals surface area contributed by atoms with Crippen LogP contribution in [0.25, 0.3) is 0 Å². The molecule has 24 valence electrons. The molecule has 0 fully saturated rings. The summed E-state index contributed by atoms with van der Waals surface area (Å²) in [5.74, 6) is 0. The van der Waals surface area contributed by atoms with Crippen LogP contribution in [0.5, 0.6) is 0 Å². The molecule has 0 spiro atoms. The molecule has 0 N–H and O–H groups in total. The zero-order valence-corrected chi connectivity index (χ0v) is 4.26. The van der Waals surface area contributed by atoms with E-state index in [9.17, 15) is 0 Å². The first-order chi connectivity index (χ1) is 1.00. The molecule has 0 bridgehead atoms. The van der Waals surface area contributed by atoms with Gasteiger partial charge in [-0.2, -0.15) is 0 Å². The predicted molar refractivity (Wildman–Crippen MR) is 29.7 cm³/mol. The molecule has 0 heterocycles. The average molecular weight is 150 g/mol. The Balaban J connectivity index is -0.000000000833. The molecule has 0 saturated carbocycles. The van der Waals surface area contributed by atoms with Crippen LogP contribution in [0.1, 0.15) is 2.85 Å². The molecule has 0 saturated heterocycles. The monoisotopic (exact) mass is 148 g/mol. The summed E-state index contributed by atoms with van der Waals surface area (Å²) >= 11 is 4.64. The molecule has 0 radical (unpaired) electrons. The Kier molecular flexibility index (Phi) is 96.5. The maximum atomic E-state index is 4.64. The molecule has 0 amide bonds. The van der Waals surface area contributed by atoms with Gasteiger partial charge >= 0.3 is 42.8 Å². The van der Waals surface area contributed by atoms with Crippen LogP contribution in [0.3, 0.4) is 0 Å². The van der Waals surface area contributed by atoms with Crippen molar-refractivity contribution in [2.24, 2.45) is 0 Å². The summed E-state index contributed by atoms with van der Waals surface area (Å²) in [6.07, 6.45) is 1.47. The van der Waals surface area contributed by atoms with Gasteiger partial charge in [-0.05, 0) is 0 Å². The van der Waals surface area contributed by atoms with Gasteiger partial charge in [0.2, 0.25) is 0 Å². The van der Waals surface area contributed by atoms with Crippen LogP contribution in [0.2, 0.25) is 0 Å². The standard InChI is InChI=1S/CH3Cl.Ga.Mg.5H/c1-2;;;;;;;/h1H3;;;;;;;/q;;+2;;;;2*-1. The maximum Gasteiger partial charge on any atom is 2.00 e. The quantitative estimate of drug-likeness (QED) is 0.322. The Labute approximate surface area is 63.5 Å². The zero-order valence-electron chi connectivity index (χ0n) is 4.09. The van der Waals surface area contributed by atoms with Crippen molar-refractivity contribution >= 4 is 54.4 Å². The fourth-order valence-corrected chi connectivity index (χ4v) is 0. The minimum Gasteiger partial charge on any atom is -1.00 e. The van der Waals surface area contributed by atoms with Crippen molar-refractivity contribution in [3.63, 3.8) is 0 Å². The largest absolute Gasteiger partial charge is 2.00 e. The Morgan fingerprint density at radius 3 is 1.50 bits per heavy atom. The molecule has 0 atom stereocenters. The Morgan fingerprint density at radius 2 is 1.50 bits per heavy atom. The molecule has 0 aromatic heterocycles. The van der Waals surface area contributed by atoms with Crippen molar-refractivity contribution in [1.82, 2.24) is 0 Å². The molecule has 0 rings (SSSR count). The Morgan fingerprint density at radius 1 is 1.50 bits per heavy atom. The van der Waals surface area contributed by atoms with E-state index in [2.05, 4.69) is 11.6 Å². The van der Waals surface area contributed by atoms with Gasteiger partial charge in [0.1, 0.15) is 0 Å². The van der Waals surface area contributed by atoms with E-state index in [4.69, 9.17) is 0 Å². The topological polar surface area (TPSA) is 0 Å². The van der Waals surface area contributed by atoms with E-state index in [0.29, 0.717) is 0 Å². The summed E-state index contributed by atoms with van der Waals surface area (Å²) in [7, 11) is 0. The minimum atomic E-state index is 0. The van der Waals surface area contributed by atoms with Gasteiger partial charge in [-0.1, -0.05) is 0 Å². The van der Waals surface area contributed by atoms with Crippen LogP contribution in [0, 0.1) is 0 Å². The molecular weight excluding hydrogens is 141 g/mol. The molecule has 0 aliphatic carbocycles. The second kappa shape index (κ2) is 22.3. The molecule has 0 aliphatic rings. The molecular formula is CH8ClGaMg. The first-order valence-electron chi connectivity index (χ1n) is 0.378. The van der Waals surface area contributed by atoms with Gasteiger partial charge in [-0.15, -0.1) is 11.6 Å². The van der Waals surface area contributed by atoms with E-state index < -0.39 is 0 Å². The van der Waals surface area contributed by atoms with Gasteiger partial charge in [0.05, 0.1) is 0 Å². The molecule has 0 unspecified atom stereocenters. The van der Waals surface area contributed by atoms with Crippen molar-refractivity contribution in [2.75, 3.05) is 6.38 Å². The van der Waals surface area contributed by atoms with E-state index >= 15 is 0 Å². The van der Waals surface area contributed by atoms with E-state index in [1.165, 1.54) is 6.38 Å². The summed E-state index contributed by atoms with van der Waals surface area (Å²) in [5.41, 5.74) is 0. The normalized spacial score (nSPS) is 1.50. The van der Waals surface area contributed by atoms with Gasteiger partial charge in [0.25, 0.3) is 0 Å². The van der Waals surface area contributed by atoms with E-state index in [-0.39, 0.29) is 45.7 Å². The smallest absolute Gasteiger partial charge is 1.00 e. The Hall–Kier alpha value is 1.69. The number of halogens is 1. The molecule has 0 nitrogen and oxygen atoms in total. The molecule has 0 aromatic rings. The third-order valence-electron chi connectivity index (χ3n) is 0. The van der Waals surface area contributed by atoms with Crippen molar-refractivity contribution in [1.29, 1.82) is 0 Å². The van der Waals surface area contributed by atoms with Crippen LogP contribution in [-0.4, -0.2) is 49.2 Å². The summed E-state index contributed by atoms with van der Waals surface area (Å²) < 4.78 is 0. The molecule has 0 aromatic carbocycles. The maximum absolute atomic E-state index is 4.64. The van der Waals surface area contributed by atoms with Gasteiger partial charge in [-0.3, -0.25) is 0 Å². The van der Waals surface area contributed by atoms with E-state index in [1.54, 1.807) is 0 Å². The van der Waals surface area contributed by atoms with Crippen molar-refractivity contribution in [3.8, 4) is 0 Å². The summed E-state index contributed by atoms with van der Waals surface area (Å²) in [5, 5.41) is 0. The second-order valence-corrected chi connectivity index (χ2v) is 0. The Bertz CT molecular complexity index is 13.5. The fraction of sp³-hybridized carbons (Fsp3) is 1.00. The number of hydrogen-bond donors (Lipinski definition) is 0. The zero-order chi connectivity index (χ0) is 2.00. The molecule has 3 heteroatoms. The first-order valence-corrected chi connectivity index (χ1v) is 1.13. The van der Waals surface area contributed by atoms with Gasteiger partial charge in [-0.25, -0.2) is 0 Å². The van der Waals surface area contributed by atoms with Crippen molar-refractivity contribution in [2.45, 2.75) is 0 Å². The fourth-order valence-electron chi connectivity index (χ4n) is 0. The number of alkyl halides is 1. The van der Waals surface area contributed by atoms with Crippen molar-refractivity contribution in [3.05, 3.63) is 0 Å². The summed E-state index contributed by atoms with van der Waals surface area (Å²) in [6.45, 7) is 0. The predicted octanol–water partition coefficient (Wildman–Crippen LogP) is -0.485. The number of hydrogen-bond acceptors (Lipinski definition) is 0. The third-order valence-corrected chi connectivity index (χ3v) is 0. The third kappa shape index (κ3) is 9.34. The van der Waals surface area contributed by atoms with E-state index in [1.807, 2.05) is 0 Å². The van der Waals surface area contributed by atoms with Gasteiger partial charge in [0, 0.05) is 6.38 Å². The van der Waals surface area contributed by atoms with Crippen LogP contribution in [0.15, 0.2) is 0 Å². The number of rotatable bonds is 0. The van der Waals surface area contributed by atoms with Crippen LogP contribution < -0.4 is 0 Å². The molecule has 0 aliphatic heterocycles. The van der Waals surface area contributed by atoms with Crippen LogP contribution in [-0.2, 0) is 0 Å². The SMILES string of the molecule is CCl.[GaH3].[H-].[H-].[Mg+2]. The van der Waals surface area contributed by atoms with Gasteiger partial charge < -0.3 is 2.85 Å². The van der Waals surface area contributed by atoms with Crippen LogP contribution >= 0.6 is 11.6 Å².